The number of nitrogens with zero attached hydrogens (tertiary/aromatic N) is 1. The van der Waals surface area contributed by atoms with Gasteiger partial charge in [0.15, 0.2) is 0 Å². The quantitative estimate of drug-likeness (QED) is 0.753. The molecule has 2 rings (SSSR count). The highest BCUT2D eigenvalue weighted by atomic mass is 16.5. The maximum Gasteiger partial charge on any atom is 0.247 e. The number of amides is 2. The van der Waals surface area contributed by atoms with E-state index in [-0.39, 0.29) is 5.91 Å². The molecule has 1 fully saturated rings. The van der Waals surface area contributed by atoms with Gasteiger partial charge in [-0.2, -0.15) is 0 Å². The van der Waals surface area contributed by atoms with Crippen molar-refractivity contribution < 1.29 is 19.4 Å². The fraction of sp³-hybridized carbons (Fsp3) is 0.375. The zero-order chi connectivity index (χ0) is 15.8. The Balaban J connectivity index is 1.90. The molecule has 2 N–H and O–H groups in total. The Morgan fingerprint density at radius 1 is 1.27 bits per heavy atom. The third-order valence-corrected chi connectivity index (χ3v) is 3.35. The van der Waals surface area contributed by atoms with Crippen LogP contribution in [0.1, 0.15) is 5.56 Å². The lowest BCUT2D eigenvalue weighted by Crippen LogP contribution is -2.53. The zero-order valence-corrected chi connectivity index (χ0v) is 12.3. The Bertz CT molecular complexity index is 524. The van der Waals surface area contributed by atoms with Crippen molar-refractivity contribution in [3.05, 3.63) is 42.0 Å². The molecule has 0 unspecified atom stereocenters. The van der Waals surface area contributed by atoms with E-state index >= 15 is 0 Å². The molecule has 0 saturated carbocycles. The first kappa shape index (κ1) is 16.2. The van der Waals surface area contributed by atoms with E-state index in [1.165, 1.54) is 6.08 Å². The van der Waals surface area contributed by atoms with Crippen molar-refractivity contribution >= 4 is 17.9 Å². The first-order valence-electron chi connectivity index (χ1n) is 7.21. The first-order chi connectivity index (χ1) is 10.7. The summed E-state index contributed by atoms with van der Waals surface area (Å²) in [5.41, 5.74) is 0.887. The molecule has 1 aromatic carbocycles. The zero-order valence-electron chi connectivity index (χ0n) is 12.3. The van der Waals surface area contributed by atoms with Gasteiger partial charge in [-0.1, -0.05) is 30.3 Å². The highest BCUT2D eigenvalue weighted by Gasteiger charge is 2.25. The van der Waals surface area contributed by atoms with Crippen LogP contribution in [0.25, 0.3) is 6.08 Å². The van der Waals surface area contributed by atoms with E-state index in [2.05, 4.69) is 5.32 Å². The molecule has 1 heterocycles. The van der Waals surface area contributed by atoms with Gasteiger partial charge < -0.3 is 20.1 Å². The molecule has 0 spiro atoms. The molecule has 1 aliphatic heterocycles. The second-order valence-electron chi connectivity index (χ2n) is 4.93. The second kappa shape index (κ2) is 8.31. The van der Waals surface area contributed by atoms with Crippen LogP contribution in [0.15, 0.2) is 36.4 Å². The number of hydrogen-bond donors (Lipinski definition) is 2. The minimum atomic E-state index is -0.925. The van der Waals surface area contributed by atoms with E-state index in [4.69, 9.17) is 4.74 Å². The van der Waals surface area contributed by atoms with Crippen LogP contribution in [0.5, 0.6) is 0 Å². The molecule has 1 aromatic rings. The lowest BCUT2D eigenvalue weighted by atomic mass is 10.2. The predicted octanol–water partition coefficient (Wildman–Crippen LogP) is 0.0357. The van der Waals surface area contributed by atoms with Crippen LogP contribution >= 0.6 is 0 Å². The van der Waals surface area contributed by atoms with Crippen LogP contribution in [0.2, 0.25) is 0 Å². The average molecular weight is 304 g/mol. The van der Waals surface area contributed by atoms with Crippen LogP contribution in [0.3, 0.4) is 0 Å². The Morgan fingerprint density at radius 3 is 2.59 bits per heavy atom. The summed E-state index contributed by atoms with van der Waals surface area (Å²) in [6.45, 7) is 1.48. The number of hydrogen-bond acceptors (Lipinski definition) is 4. The summed E-state index contributed by atoms with van der Waals surface area (Å²) in [6.07, 6.45) is 3.01. The predicted molar refractivity (Wildman–Crippen MR) is 81.9 cm³/mol. The largest absolute Gasteiger partial charge is 0.394 e. The highest BCUT2D eigenvalue weighted by Crippen LogP contribution is 2.03. The highest BCUT2D eigenvalue weighted by molar-refractivity contribution is 5.95. The van der Waals surface area contributed by atoms with Crippen molar-refractivity contribution in [3.8, 4) is 0 Å². The number of benzene rings is 1. The van der Waals surface area contributed by atoms with Crippen molar-refractivity contribution in [2.24, 2.45) is 0 Å². The normalized spacial score (nSPS) is 16.5. The minimum Gasteiger partial charge on any atom is -0.394 e. The van der Waals surface area contributed by atoms with E-state index in [0.29, 0.717) is 26.3 Å². The Hall–Kier alpha value is -2.18. The number of carbonyl (C=O) groups excluding carboxylic acids is 2. The number of rotatable bonds is 5. The monoisotopic (exact) mass is 304 g/mol. The maximum absolute atomic E-state index is 12.2. The number of aliphatic hydroxyl groups is 1. The van der Waals surface area contributed by atoms with Crippen LogP contribution < -0.4 is 5.32 Å². The van der Waals surface area contributed by atoms with Gasteiger partial charge >= 0.3 is 0 Å². The van der Waals surface area contributed by atoms with Gasteiger partial charge in [0.2, 0.25) is 11.8 Å². The lowest BCUT2D eigenvalue weighted by molar-refractivity contribution is -0.140. The standard InChI is InChI=1S/C16H20N2O4/c19-12-14(16(21)18-8-10-22-11-9-18)17-15(20)7-6-13-4-2-1-3-5-13/h1-7,14,19H,8-12H2,(H,17,20)/t14-/m0/s1. The van der Waals surface area contributed by atoms with E-state index in [0.717, 1.165) is 5.56 Å². The van der Waals surface area contributed by atoms with Crippen LogP contribution in [0.4, 0.5) is 0 Å². The average Bonchev–Trinajstić information content (AvgIpc) is 2.59. The molecular formula is C16H20N2O4. The summed E-state index contributed by atoms with van der Waals surface area (Å²) in [4.78, 5) is 25.7. The minimum absolute atomic E-state index is 0.285. The molecule has 0 aliphatic carbocycles. The third-order valence-electron chi connectivity index (χ3n) is 3.35. The van der Waals surface area contributed by atoms with Crippen molar-refractivity contribution in [2.45, 2.75) is 6.04 Å². The molecule has 1 atom stereocenters. The van der Waals surface area contributed by atoms with Gasteiger partial charge in [0, 0.05) is 19.2 Å². The summed E-state index contributed by atoms with van der Waals surface area (Å²) in [5.74, 6) is -0.697. The molecule has 0 bridgehead atoms. The summed E-state index contributed by atoms with van der Waals surface area (Å²) < 4.78 is 5.18. The topological polar surface area (TPSA) is 78.9 Å². The summed E-state index contributed by atoms with van der Waals surface area (Å²) in [5, 5.41) is 11.9. The van der Waals surface area contributed by atoms with Gasteiger partial charge in [0.1, 0.15) is 6.04 Å². The molecule has 1 aliphatic rings. The number of carbonyl (C=O) groups is 2. The van der Waals surface area contributed by atoms with Crippen LogP contribution in [0, 0.1) is 0 Å². The summed E-state index contributed by atoms with van der Waals surface area (Å²) >= 11 is 0. The molecular weight excluding hydrogens is 284 g/mol. The molecule has 22 heavy (non-hydrogen) atoms. The number of nitrogens with one attached hydrogen (secondary N) is 1. The fourth-order valence-corrected chi connectivity index (χ4v) is 2.15. The van der Waals surface area contributed by atoms with E-state index in [1.54, 1.807) is 11.0 Å². The SMILES string of the molecule is O=C(C=Cc1ccccc1)N[C@@H](CO)C(=O)N1CCOCC1. The van der Waals surface area contributed by atoms with Gasteiger partial charge in [-0.3, -0.25) is 9.59 Å². The van der Waals surface area contributed by atoms with Gasteiger partial charge in [-0.25, -0.2) is 0 Å². The second-order valence-corrected chi connectivity index (χ2v) is 4.93. The van der Waals surface area contributed by atoms with Crippen LogP contribution in [-0.2, 0) is 14.3 Å². The fourth-order valence-electron chi connectivity index (χ4n) is 2.15. The summed E-state index contributed by atoms with van der Waals surface area (Å²) in [7, 11) is 0. The van der Waals surface area contributed by atoms with Crippen molar-refractivity contribution in [2.75, 3.05) is 32.9 Å². The Kier molecular flexibility index (Phi) is 6.12. The molecule has 1 saturated heterocycles. The third kappa shape index (κ3) is 4.68. The Morgan fingerprint density at radius 2 is 1.95 bits per heavy atom. The molecule has 2 amide bonds. The van der Waals surface area contributed by atoms with Gasteiger partial charge in [0.05, 0.1) is 19.8 Å². The number of morpholine rings is 1. The number of ether oxygens (including phenoxy) is 1. The maximum atomic E-state index is 12.2. The first-order valence-corrected chi connectivity index (χ1v) is 7.21. The van der Waals surface area contributed by atoms with Crippen molar-refractivity contribution in [3.63, 3.8) is 0 Å². The lowest BCUT2D eigenvalue weighted by Gasteiger charge is -2.29. The van der Waals surface area contributed by atoms with E-state index in [9.17, 15) is 14.7 Å². The van der Waals surface area contributed by atoms with Gasteiger partial charge in [0.25, 0.3) is 0 Å². The van der Waals surface area contributed by atoms with E-state index in [1.807, 2.05) is 30.3 Å². The van der Waals surface area contributed by atoms with Crippen LogP contribution in [-0.4, -0.2) is 60.8 Å². The van der Waals surface area contributed by atoms with Crippen molar-refractivity contribution in [1.29, 1.82) is 0 Å². The van der Waals surface area contributed by atoms with E-state index < -0.39 is 18.6 Å². The Labute approximate surface area is 129 Å². The smallest absolute Gasteiger partial charge is 0.247 e. The van der Waals surface area contributed by atoms with Gasteiger partial charge in [-0.15, -0.1) is 0 Å². The van der Waals surface area contributed by atoms with Gasteiger partial charge in [-0.05, 0) is 11.6 Å². The number of aliphatic hydroxyl groups excluding tert-OH is 1. The molecule has 6 nitrogen and oxygen atoms in total. The molecule has 0 aromatic heterocycles. The van der Waals surface area contributed by atoms with Crippen molar-refractivity contribution in [1.82, 2.24) is 10.2 Å². The summed E-state index contributed by atoms with van der Waals surface area (Å²) in [6, 6.07) is 8.44. The molecule has 0 radical (unpaired) electrons. The molecule has 6 heteroatoms. The molecule has 118 valence electrons.